The first-order valence-corrected chi connectivity index (χ1v) is 10.2. The minimum atomic E-state index is -0.209. The van der Waals surface area contributed by atoms with Gasteiger partial charge in [-0.15, -0.1) is 0 Å². The number of hydrogen-bond acceptors (Lipinski definition) is 4. The number of benzene rings is 3. The van der Waals surface area contributed by atoms with Gasteiger partial charge in [-0.2, -0.15) is 0 Å². The van der Waals surface area contributed by atoms with Crippen molar-refractivity contribution in [1.82, 2.24) is 10.3 Å². The van der Waals surface area contributed by atoms with Crippen LogP contribution in [-0.2, 0) is 0 Å². The van der Waals surface area contributed by atoms with Crippen molar-refractivity contribution >= 4 is 17.5 Å². The molecule has 0 aliphatic heterocycles. The van der Waals surface area contributed by atoms with Gasteiger partial charge in [-0.25, -0.2) is 4.98 Å². The third kappa shape index (κ3) is 4.62. The molecule has 1 unspecified atom stereocenters. The van der Waals surface area contributed by atoms with Crippen LogP contribution in [0.2, 0.25) is 5.02 Å². The molecule has 1 amide bonds. The van der Waals surface area contributed by atoms with E-state index < -0.39 is 0 Å². The number of amides is 1. The summed E-state index contributed by atoms with van der Waals surface area (Å²) in [6.07, 6.45) is 1.65. The summed E-state index contributed by atoms with van der Waals surface area (Å²) in [7, 11) is 1.62. The number of ether oxygens (including phenoxy) is 1. The molecule has 1 atom stereocenters. The highest BCUT2D eigenvalue weighted by Crippen LogP contribution is 2.30. The van der Waals surface area contributed by atoms with Crippen LogP contribution in [0, 0.1) is 0 Å². The number of rotatable bonds is 6. The third-order valence-electron chi connectivity index (χ3n) is 4.98. The van der Waals surface area contributed by atoms with Gasteiger partial charge in [-0.1, -0.05) is 48.0 Å². The molecule has 1 aromatic heterocycles. The fraction of sp³-hybridized carbons (Fsp3) is 0.120. The summed E-state index contributed by atoms with van der Waals surface area (Å²) in [6, 6.07) is 22.0. The molecule has 3 aromatic carbocycles. The molecule has 0 aliphatic carbocycles. The van der Waals surface area contributed by atoms with Gasteiger partial charge in [0.05, 0.1) is 24.9 Å². The first-order chi connectivity index (χ1) is 15.0. The topological polar surface area (TPSA) is 64.4 Å². The summed E-state index contributed by atoms with van der Waals surface area (Å²) < 4.78 is 11.3. The Hall–Kier alpha value is -3.57. The molecule has 6 heteroatoms. The van der Waals surface area contributed by atoms with Crippen molar-refractivity contribution in [2.24, 2.45) is 0 Å². The Morgan fingerprint density at radius 1 is 1.06 bits per heavy atom. The van der Waals surface area contributed by atoms with Gasteiger partial charge in [-0.3, -0.25) is 4.79 Å². The van der Waals surface area contributed by atoms with Crippen LogP contribution in [0.15, 0.2) is 83.4 Å². The molecule has 156 valence electrons. The van der Waals surface area contributed by atoms with Crippen molar-refractivity contribution < 1.29 is 13.9 Å². The fourth-order valence-electron chi connectivity index (χ4n) is 3.29. The average Bonchev–Trinajstić information content (AvgIpc) is 3.30. The van der Waals surface area contributed by atoms with Crippen LogP contribution in [0.25, 0.3) is 22.8 Å². The molecule has 4 rings (SSSR count). The lowest BCUT2D eigenvalue weighted by molar-refractivity contribution is 0.0940. The Labute approximate surface area is 185 Å². The Kier molecular flexibility index (Phi) is 6.05. The molecule has 0 aliphatic rings. The zero-order chi connectivity index (χ0) is 21.8. The highest BCUT2D eigenvalue weighted by atomic mass is 35.5. The molecule has 1 N–H and O–H groups in total. The SMILES string of the molecule is COc1cccc(-c2cnc(-c3ccccc3C(=O)NC(C)c3ccc(Cl)cc3)o2)c1. The zero-order valence-electron chi connectivity index (χ0n) is 17.1. The summed E-state index contributed by atoms with van der Waals surface area (Å²) in [5.74, 6) is 1.49. The van der Waals surface area contributed by atoms with Crippen LogP contribution in [0.5, 0.6) is 5.75 Å². The van der Waals surface area contributed by atoms with Crippen LogP contribution in [-0.4, -0.2) is 18.0 Å². The highest BCUT2D eigenvalue weighted by molar-refractivity contribution is 6.30. The summed E-state index contributed by atoms with van der Waals surface area (Å²) in [4.78, 5) is 17.4. The lowest BCUT2D eigenvalue weighted by atomic mass is 10.0. The normalized spacial score (nSPS) is 11.7. The van der Waals surface area contributed by atoms with Crippen LogP contribution in [0.1, 0.15) is 28.9 Å². The fourth-order valence-corrected chi connectivity index (χ4v) is 3.41. The lowest BCUT2D eigenvalue weighted by Crippen LogP contribution is -2.27. The molecule has 0 spiro atoms. The van der Waals surface area contributed by atoms with Crippen molar-refractivity contribution in [3.8, 4) is 28.5 Å². The van der Waals surface area contributed by atoms with E-state index in [0.29, 0.717) is 27.8 Å². The molecule has 4 aromatic rings. The molecule has 0 bridgehead atoms. The van der Waals surface area contributed by atoms with Crippen LogP contribution in [0.4, 0.5) is 0 Å². The van der Waals surface area contributed by atoms with Gasteiger partial charge in [-0.05, 0) is 48.9 Å². The van der Waals surface area contributed by atoms with Crippen molar-refractivity contribution in [1.29, 1.82) is 0 Å². The van der Waals surface area contributed by atoms with E-state index in [-0.39, 0.29) is 11.9 Å². The van der Waals surface area contributed by atoms with Gasteiger partial charge in [0.25, 0.3) is 5.91 Å². The van der Waals surface area contributed by atoms with Gasteiger partial charge in [0.1, 0.15) is 5.75 Å². The summed E-state index contributed by atoms with van der Waals surface area (Å²) in [5, 5.41) is 3.68. The monoisotopic (exact) mass is 432 g/mol. The second-order valence-corrected chi connectivity index (χ2v) is 7.49. The number of carbonyl (C=O) groups is 1. The molecule has 0 saturated carbocycles. The van der Waals surface area contributed by atoms with E-state index in [1.807, 2.05) is 61.5 Å². The van der Waals surface area contributed by atoms with E-state index in [9.17, 15) is 4.79 Å². The predicted molar refractivity (Wildman–Crippen MR) is 121 cm³/mol. The van der Waals surface area contributed by atoms with Crippen LogP contribution < -0.4 is 10.1 Å². The van der Waals surface area contributed by atoms with E-state index in [0.717, 1.165) is 16.9 Å². The van der Waals surface area contributed by atoms with Crippen molar-refractivity contribution in [3.63, 3.8) is 0 Å². The standard InChI is InChI=1S/C25H21ClN2O3/c1-16(17-10-12-19(26)13-11-17)28-24(29)21-8-3-4-9-22(21)25-27-15-23(31-25)18-6-5-7-20(14-18)30-2/h3-16H,1-2H3,(H,28,29). The maximum Gasteiger partial charge on any atom is 0.252 e. The van der Waals surface area contributed by atoms with Gasteiger partial charge in [0, 0.05) is 16.1 Å². The van der Waals surface area contributed by atoms with Crippen LogP contribution >= 0.6 is 11.6 Å². The van der Waals surface area contributed by atoms with Crippen LogP contribution in [0.3, 0.4) is 0 Å². The number of aromatic nitrogens is 1. The van der Waals surface area contributed by atoms with Crippen molar-refractivity contribution in [3.05, 3.63) is 95.1 Å². The van der Waals surface area contributed by atoms with Gasteiger partial charge in [0.15, 0.2) is 5.76 Å². The van der Waals surface area contributed by atoms with E-state index in [1.54, 1.807) is 31.5 Å². The molecule has 0 radical (unpaired) electrons. The Morgan fingerprint density at radius 2 is 1.84 bits per heavy atom. The number of nitrogens with zero attached hydrogens (tertiary/aromatic N) is 1. The average molecular weight is 433 g/mol. The third-order valence-corrected chi connectivity index (χ3v) is 5.23. The number of carbonyl (C=O) groups excluding carboxylic acids is 1. The van der Waals surface area contributed by atoms with Crippen molar-refractivity contribution in [2.75, 3.05) is 7.11 Å². The largest absolute Gasteiger partial charge is 0.497 e. The Morgan fingerprint density at radius 3 is 2.61 bits per heavy atom. The van der Waals surface area contributed by atoms with E-state index in [4.69, 9.17) is 20.8 Å². The number of methoxy groups -OCH3 is 1. The number of nitrogens with one attached hydrogen (secondary N) is 1. The molecular weight excluding hydrogens is 412 g/mol. The maximum absolute atomic E-state index is 13.0. The van der Waals surface area contributed by atoms with Gasteiger partial charge >= 0.3 is 0 Å². The summed E-state index contributed by atoms with van der Waals surface area (Å²) in [5.41, 5.74) is 2.92. The highest BCUT2D eigenvalue weighted by Gasteiger charge is 2.19. The Bertz CT molecular complexity index is 1200. The molecular formula is C25H21ClN2O3. The van der Waals surface area contributed by atoms with Gasteiger partial charge in [0.2, 0.25) is 5.89 Å². The second kappa shape index (κ2) is 9.06. The minimum Gasteiger partial charge on any atom is -0.497 e. The smallest absolute Gasteiger partial charge is 0.252 e. The van der Waals surface area contributed by atoms with E-state index in [1.165, 1.54) is 0 Å². The quantitative estimate of drug-likeness (QED) is 0.396. The van der Waals surface area contributed by atoms with E-state index in [2.05, 4.69) is 10.3 Å². The zero-order valence-corrected chi connectivity index (χ0v) is 17.9. The number of oxazole rings is 1. The molecule has 0 saturated heterocycles. The van der Waals surface area contributed by atoms with Gasteiger partial charge < -0.3 is 14.5 Å². The number of halogens is 1. The lowest BCUT2D eigenvalue weighted by Gasteiger charge is -2.15. The van der Waals surface area contributed by atoms with E-state index >= 15 is 0 Å². The summed E-state index contributed by atoms with van der Waals surface area (Å²) >= 11 is 5.96. The maximum atomic E-state index is 13.0. The Balaban J connectivity index is 1.59. The molecule has 31 heavy (non-hydrogen) atoms. The molecule has 5 nitrogen and oxygen atoms in total. The second-order valence-electron chi connectivity index (χ2n) is 7.05. The first kappa shape index (κ1) is 20.7. The first-order valence-electron chi connectivity index (χ1n) is 9.81. The summed E-state index contributed by atoms with van der Waals surface area (Å²) in [6.45, 7) is 1.93. The minimum absolute atomic E-state index is 0.185. The van der Waals surface area contributed by atoms with Crippen molar-refractivity contribution in [2.45, 2.75) is 13.0 Å². The predicted octanol–water partition coefficient (Wildman–Crippen LogP) is 6.16. The molecule has 1 heterocycles. The number of hydrogen-bond donors (Lipinski definition) is 1. The molecule has 0 fully saturated rings.